The maximum Gasteiger partial charge on any atom is 0.304 e. The average Bonchev–Trinajstić information content (AvgIpc) is 2.37. The zero-order chi connectivity index (χ0) is 13.4. The highest BCUT2D eigenvalue weighted by Gasteiger charge is 2.10. The Morgan fingerprint density at radius 3 is 2.67 bits per heavy atom. The van der Waals surface area contributed by atoms with E-state index >= 15 is 0 Å². The molecule has 0 heterocycles. The van der Waals surface area contributed by atoms with Crippen molar-refractivity contribution in [1.29, 1.82) is 0 Å². The van der Waals surface area contributed by atoms with E-state index in [0.717, 1.165) is 11.3 Å². The molecular weight excluding hydrogens is 234 g/mol. The second-order valence-corrected chi connectivity index (χ2v) is 3.96. The third kappa shape index (κ3) is 4.73. The minimum Gasteiger partial charge on any atom is -0.496 e. The number of aliphatic carboxylic acids is 1. The summed E-state index contributed by atoms with van der Waals surface area (Å²) in [6.07, 6.45) is 0.0646. The monoisotopic (exact) mass is 253 g/mol. The topological polar surface area (TPSA) is 70.0 Å². The van der Waals surface area contributed by atoms with Gasteiger partial charge in [0, 0.05) is 25.2 Å². The van der Waals surface area contributed by atoms with Crippen molar-refractivity contribution >= 4 is 5.97 Å². The zero-order valence-electron chi connectivity index (χ0n) is 10.5. The number of benzene rings is 1. The van der Waals surface area contributed by atoms with E-state index < -0.39 is 5.97 Å². The molecule has 0 aliphatic heterocycles. The van der Waals surface area contributed by atoms with Crippen molar-refractivity contribution in [1.82, 2.24) is 4.90 Å². The number of carbonyl (C=O) groups is 1. The summed E-state index contributed by atoms with van der Waals surface area (Å²) >= 11 is 0. The average molecular weight is 253 g/mol. The van der Waals surface area contributed by atoms with Gasteiger partial charge in [0.25, 0.3) is 0 Å². The normalized spacial score (nSPS) is 10.6. The first-order valence-corrected chi connectivity index (χ1v) is 5.84. The minimum atomic E-state index is -0.835. The Morgan fingerprint density at radius 1 is 1.33 bits per heavy atom. The van der Waals surface area contributed by atoms with Crippen LogP contribution in [0.5, 0.6) is 5.75 Å². The number of nitrogens with zero attached hydrogens (tertiary/aromatic N) is 1. The molecule has 0 atom stereocenters. The molecule has 0 saturated heterocycles. The Hall–Kier alpha value is -1.59. The largest absolute Gasteiger partial charge is 0.496 e. The predicted molar refractivity (Wildman–Crippen MR) is 67.6 cm³/mol. The highest BCUT2D eigenvalue weighted by atomic mass is 16.5. The van der Waals surface area contributed by atoms with Gasteiger partial charge in [0.05, 0.1) is 20.1 Å². The number of aliphatic hydroxyl groups excluding tert-OH is 1. The number of methoxy groups -OCH3 is 1. The molecule has 1 rings (SSSR count). The molecule has 100 valence electrons. The van der Waals surface area contributed by atoms with E-state index in [1.54, 1.807) is 7.11 Å². The van der Waals surface area contributed by atoms with Crippen LogP contribution in [-0.2, 0) is 11.3 Å². The van der Waals surface area contributed by atoms with Crippen LogP contribution in [0, 0.1) is 0 Å². The Balaban J connectivity index is 2.66. The first kappa shape index (κ1) is 14.5. The Morgan fingerprint density at radius 2 is 2.06 bits per heavy atom. The maximum absolute atomic E-state index is 10.6. The lowest BCUT2D eigenvalue weighted by molar-refractivity contribution is -0.137. The fourth-order valence-electron chi connectivity index (χ4n) is 1.74. The van der Waals surface area contributed by atoms with Gasteiger partial charge in [-0.3, -0.25) is 9.69 Å². The summed E-state index contributed by atoms with van der Waals surface area (Å²) in [6.45, 7) is 1.44. The standard InChI is InChI=1S/C13H19NO4/c1-18-12-5-3-2-4-11(12)10-14(8-9-15)7-6-13(16)17/h2-5,15H,6-10H2,1H3,(H,16,17). The van der Waals surface area contributed by atoms with Gasteiger partial charge >= 0.3 is 5.97 Å². The lowest BCUT2D eigenvalue weighted by atomic mass is 10.2. The molecular formula is C13H19NO4. The molecule has 0 aliphatic rings. The van der Waals surface area contributed by atoms with Crippen molar-refractivity contribution in [2.24, 2.45) is 0 Å². The third-order valence-corrected chi connectivity index (χ3v) is 2.64. The highest BCUT2D eigenvalue weighted by molar-refractivity contribution is 5.66. The van der Waals surface area contributed by atoms with Crippen LogP contribution < -0.4 is 4.74 Å². The smallest absolute Gasteiger partial charge is 0.304 e. The Kier molecular flexibility index (Phi) is 6.18. The SMILES string of the molecule is COc1ccccc1CN(CCO)CCC(=O)O. The van der Waals surface area contributed by atoms with Crippen LogP contribution in [0.25, 0.3) is 0 Å². The summed E-state index contributed by atoms with van der Waals surface area (Å²) in [5.41, 5.74) is 0.985. The molecule has 5 nitrogen and oxygen atoms in total. The van der Waals surface area contributed by atoms with Crippen LogP contribution >= 0.6 is 0 Å². The van der Waals surface area contributed by atoms with Crippen LogP contribution in [0.3, 0.4) is 0 Å². The van der Waals surface area contributed by atoms with Crippen LogP contribution in [0.2, 0.25) is 0 Å². The molecule has 0 bridgehead atoms. The number of aliphatic hydroxyl groups is 1. The van der Waals surface area contributed by atoms with Crippen molar-refractivity contribution in [3.8, 4) is 5.75 Å². The Bertz CT molecular complexity index is 381. The quantitative estimate of drug-likeness (QED) is 0.722. The summed E-state index contributed by atoms with van der Waals surface area (Å²) in [4.78, 5) is 12.5. The van der Waals surface area contributed by atoms with Crippen molar-refractivity contribution in [2.75, 3.05) is 26.8 Å². The highest BCUT2D eigenvalue weighted by Crippen LogP contribution is 2.19. The Labute approximate surface area is 107 Å². The number of para-hydroxylation sites is 1. The number of rotatable bonds is 8. The fourth-order valence-corrected chi connectivity index (χ4v) is 1.74. The summed E-state index contributed by atoms with van der Waals surface area (Å²) in [5.74, 6) is -0.0614. The molecule has 0 radical (unpaired) electrons. The molecule has 0 fully saturated rings. The summed E-state index contributed by atoms with van der Waals surface area (Å²) in [7, 11) is 1.60. The molecule has 1 aromatic rings. The molecule has 0 aromatic heterocycles. The van der Waals surface area contributed by atoms with Crippen LogP contribution in [0.4, 0.5) is 0 Å². The van der Waals surface area contributed by atoms with Crippen LogP contribution in [0.15, 0.2) is 24.3 Å². The fraction of sp³-hybridized carbons (Fsp3) is 0.462. The van der Waals surface area contributed by atoms with E-state index in [-0.39, 0.29) is 13.0 Å². The molecule has 5 heteroatoms. The first-order valence-electron chi connectivity index (χ1n) is 5.84. The van der Waals surface area contributed by atoms with Gasteiger partial charge in [0.15, 0.2) is 0 Å². The van der Waals surface area contributed by atoms with Crippen LogP contribution in [-0.4, -0.2) is 47.9 Å². The van der Waals surface area contributed by atoms with Crippen molar-refractivity contribution in [3.63, 3.8) is 0 Å². The van der Waals surface area contributed by atoms with E-state index in [1.165, 1.54) is 0 Å². The molecule has 2 N–H and O–H groups in total. The second-order valence-electron chi connectivity index (χ2n) is 3.96. The van der Waals surface area contributed by atoms with Gasteiger partial charge in [-0.15, -0.1) is 0 Å². The van der Waals surface area contributed by atoms with Gasteiger partial charge in [-0.1, -0.05) is 18.2 Å². The number of ether oxygens (including phenoxy) is 1. The number of hydrogen-bond donors (Lipinski definition) is 2. The number of hydrogen-bond acceptors (Lipinski definition) is 4. The zero-order valence-corrected chi connectivity index (χ0v) is 10.5. The van der Waals surface area contributed by atoms with Crippen molar-refractivity contribution in [2.45, 2.75) is 13.0 Å². The van der Waals surface area contributed by atoms with Crippen molar-refractivity contribution in [3.05, 3.63) is 29.8 Å². The first-order chi connectivity index (χ1) is 8.67. The molecule has 0 saturated carbocycles. The van der Waals surface area contributed by atoms with Gasteiger partial charge in [0.2, 0.25) is 0 Å². The molecule has 0 amide bonds. The van der Waals surface area contributed by atoms with Crippen molar-refractivity contribution < 1.29 is 19.7 Å². The molecule has 0 unspecified atom stereocenters. The molecule has 0 aliphatic carbocycles. The second kappa shape index (κ2) is 7.68. The van der Waals surface area contributed by atoms with E-state index in [2.05, 4.69) is 0 Å². The van der Waals surface area contributed by atoms with Crippen LogP contribution in [0.1, 0.15) is 12.0 Å². The van der Waals surface area contributed by atoms with Gasteiger partial charge < -0.3 is 14.9 Å². The summed E-state index contributed by atoms with van der Waals surface area (Å²) in [5, 5.41) is 17.7. The van der Waals surface area contributed by atoms with Gasteiger partial charge in [0.1, 0.15) is 5.75 Å². The van der Waals surface area contributed by atoms with E-state index in [1.807, 2.05) is 29.2 Å². The van der Waals surface area contributed by atoms with Gasteiger partial charge in [-0.2, -0.15) is 0 Å². The van der Waals surface area contributed by atoms with E-state index in [0.29, 0.717) is 19.6 Å². The number of carboxylic acids is 1. The third-order valence-electron chi connectivity index (χ3n) is 2.64. The lowest BCUT2D eigenvalue weighted by Gasteiger charge is -2.21. The molecule has 1 aromatic carbocycles. The number of carboxylic acid groups (broad SMARTS) is 1. The van der Waals surface area contributed by atoms with Gasteiger partial charge in [-0.25, -0.2) is 0 Å². The van der Waals surface area contributed by atoms with E-state index in [9.17, 15) is 4.79 Å². The van der Waals surface area contributed by atoms with Gasteiger partial charge in [-0.05, 0) is 6.07 Å². The summed E-state index contributed by atoms with van der Waals surface area (Å²) in [6, 6.07) is 7.59. The molecule has 0 spiro atoms. The maximum atomic E-state index is 10.6. The summed E-state index contributed by atoms with van der Waals surface area (Å²) < 4.78 is 5.24. The predicted octanol–water partition coefficient (Wildman–Crippen LogP) is 0.964. The lowest BCUT2D eigenvalue weighted by Crippen LogP contribution is -2.29. The molecule has 18 heavy (non-hydrogen) atoms. The minimum absolute atomic E-state index is 0.00870. The van der Waals surface area contributed by atoms with E-state index in [4.69, 9.17) is 14.9 Å².